The molecule has 1 heterocycles. The lowest BCUT2D eigenvalue weighted by Gasteiger charge is -2.09. The summed E-state index contributed by atoms with van der Waals surface area (Å²) < 4.78 is 41.8. The number of esters is 1. The summed E-state index contributed by atoms with van der Waals surface area (Å²) >= 11 is 5.35. The molecule has 0 aromatic carbocycles. The van der Waals surface area contributed by atoms with Crippen LogP contribution in [0, 0.1) is 0 Å². The zero-order chi connectivity index (χ0) is 13.8. The first-order chi connectivity index (χ1) is 8.32. The summed E-state index contributed by atoms with van der Waals surface area (Å²) in [6, 6.07) is 0.658. The molecule has 9 heteroatoms. The molecule has 100 valence electrons. The molecule has 1 aromatic heterocycles. The van der Waals surface area contributed by atoms with Crippen molar-refractivity contribution in [2.45, 2.75) is 13.1 Å². The Kier molecular flexibility index (Phi) is 4.71. The van der Waals surface area contributed by atoms with E-state index in [-0.39, 0.29) is 19.0 Å². The van der Waals surface area contributed by atoms with Gasteiger partial charge >= 0.3 is 12.1 Å². The number of aromatic nitrogens is 2. The largest absolute Gasteiger partial charge is 0.465 e. The second-order valence-electron chi connectivity index (χ2n) is 3.06. The fourth-order valence-corrected chi connectivity index (χ4v) is 1.21. The molecule has 0 aliphatic carbocycles. The molecule has 0 radical (unpaired) electrons. The lowest BCUT2D eigenvalue weighted by Crippen LogP contribution is -2.18. The Morgan fingerprint density at radius 3 is 2.72 bits per heavy atom. The van der Waals surface area contributed by atoms with Crippen LogP contribution >= 0.6 is 11.6 Å². The Bertz CT molecular complexity index is 440. The Morgan fingerprint density at radius 1 is 1.50 bits per heavy atom. The number of hydrogen-bond donors (Lipinski definition) is 1. The minimum Gasteiger partial charge on any atom is -0.465 e. The van der Waals surface area contributed by atoms with Gasteiger partial charge in [-0.2, -0.15) is 13.2 Å². The Labute approximate surface area is 105 Å². The third-order valence-electron chi connectivity index (χ3n) is 1.71. The van der Waals surface area contributed by atoms with Gasteiger partial charge in [-0.25, -0.2) is 9.97 Å². The second kappa shape index (κ2) is 5.85. The number of ether oxygens (including phenoxy) is 1. The predicted octanol–water partition coefficient (Wildman–Crippen LogP) is 2.12. The lowest BCUT2D eigenvalue weighted by molar-refractivity contribution is -0.141. The van der Waals surface area contributed by atoms with Gasteiger partial charge in [0.25, 0.3) is 0 Å². The zero-order valence-corrected chi connectivity index (χ0v) is 9.97. The van der Waals surface area contributed by atoms with Crippen molar-refractivity contribution in [2.75, 3.05) is 18.5 Å². The molecule has 1 N–H and O–H groups in total. The number of carbonyl (C=O) groups excluding carboxylic acids is 1. The summed E-state index contributed by atoms with van der Waals surface area (Å²) in [5, 5.41) is 1.81. The highest BCUT2D eigenvalue weighted by Crippen LogP contribution is 2.29. The standard InChI is InChI=1S/C9H9ClF3N3O2/c1-2-18-7(17)4-14-6-3-5(9(11,12)13)15-8(10)16-6/h3H,2,4H2,1H3,(H,14,15,16). The normalized spacial score (nSPS) is 11.2. The third kappa shape index (κ3) is 4.36. The molecule has 0 aliphatic heterocycles. The van der Waals surface area contributed by atoms with Crippen LogP contribution in [0.3, 0.4) is 0 Å². The van der Waals surface area contributed by atoms with Crippen LogP contribution in [0.15, 0.2) is 6.07 Å². The maximum Gasteiger partial charge on any atom is 0.433 e. The highest BCUT2D eigenvalue weighted by molar-refractivity contribution is 6.28. The van der Waals surface area contributed by atoms with Crippen LogP contribution in [0.1, 0.15) is 12.6 Å². The molecule has 0 fully saturated rings. The van der Waals surface area contributed by atoms with Crippen molar-refractivity contribution in [1.29, 1.82) is 0 Å². The number of nitrogens with one attached hydrogen (secondary N) is 1. The maximum atomic E-state index is 12.4. The monoisotopic (exact) mass is 283 g/mol. The molecule has 0 aliphatic rings. The Hall–Kier alpha value is -1.57. The van der Waals surface area contributed by atoms with Crippen molar-refractivity contribution in [3.05, 3.63) is 17.0 Å². The molecule has 0 spiro atoms. The zero-order valence-electron chi connectivity index (χ0n) is 9.21. The van der Waals surface area contributed by atoms with Crippen molar-refractivity contribution >= 4 is 23.4 Å². The van der Waals surface area contributed by atoms with Gasteiger partial charge in [0, 0.05) is 6.07 Å². The van der Waals surface area contributed by atoms with E-state index in [4.69, 9.17) is 11.6 Å². The van der Waals surface area contributed by atoms with E-state index in [1.807, 2.05) is 0 Å². The van der Waals surface area contributed by atoms with Crippen molar-refractivity contribution in [2.24, 2.45) is 0 Å². The van der Waals surface area contributed by atoms with Crippen LogP contribution < -0.4 is 5.32 Å². The number of carbonyl (C=O) groups is 1. The maximum absolute atomic E-state index is 12.4. The molecule has 5 nitrogen and oxygen atoms in total. The fraction of sp³-hybridized carbons (Fsp3) is 0.444. The molecule has 0 saturated heterocycles. The van der Waals surface area contributed by atoms with E-state index < -0.39 is 23.1 Å². The van der Waals surface area contributed by atoms with Gasteiger partial charge in [-0.05, 0) is 18.5 Å². The number of halogens is 4. The van der Waals surface area contributed by atoms with E-state index in [9.17, 15) is 18.0 Å². The minimum atomic E-state index is -4.63. The van der Waals surface area contributed by atoms with Gasteiger partial charge in [0.1, 0.15) is 12.4 Å². The van der Waals surface area contributed by atoms with Gasteiger partial charge in [-0.1, -0.05) is 0 Å². The molecular weight excluding hydrogens is 275 g/mol. The first-order valence-corrected chi connectivity index (χ1v) is 5.22. The summed E-state index contributed by atoms with van der Waals surface area (Å²) in [6.45, 7) is 1.48. The van der Waals surface area contributed by atoms with Gasteiger partial charge in [-0.15, -0.1) is 0 Å². The van der Waals surface area contributed by atoms with E-state index in [1.54, 1.807) is 6.92 Å². The van der Waals surface area contributed by atoms with Crippen LogP contribution in [0.5, 0.6) is 0 Å². The molecule has 0 unspecified atom stereocenters. The van der Waals surface area contributed by atoms with Crippen LogP contribution in [-0.2, 0) is 15.7 Å². The first-order valence-electron chi connectivity index (χ1n) is 4.84. The summed E-state index contributed by atoms with van der Waals surface area (Å²) in [6.07, 6.45) is -4.63. The molecule has 0 bridgehead atoms. The highest BCUT2D eigenvalue weighted by Gasteiger charge is 2.33. The minimum absolute atomic E-state index is 0.179. The number of anilines is 1. The average Bonchev–Trinajstić information content (AvgIpc) is 2.25. The van der Waals surface area contributed by atoms with Crippen molar-refractivity contribution < 1.29 is 22.7 Å². The van der Waals surface area contributed by atoms with Crippen LogP contribution in [-0.4, -0.2) is 29.1 Å². The van der Waals surface area contributed by atoms with Gasteiger partial charge < -0.3 is 10.1 Å². The molecule has 0 saturated carbocycles. The van der Waals surface area contributed by atoms with Crippen LogP contribution in [0.25, 0.3) is 0 Å². The van der Waals surface area contributed by atoms with Crippen molar-refractivity contribution in [1.82, 2.24) is 9.97 Å². The second-order valence-corrected chi connectivity index (χ2v) is 3.40. The lowest BCUT2D eigenvalue weighted by atomic mass is 10.4. The average molecular weight is 284 g/mol. The van der Waals surface area contributed by atoms with Crippen LogP contribution in [0.4, 0.5) is 19.0 Å². The molecule has 18 heavy (non-hydrogen) atoms. The third-order valence-corrected chi connectivity index (χ3v) is 1.88. The summed E-state index contributed by atoms with van der Waals surface area (Å²) in [7, 11) is 0. The first kappa shape index (κ1) is 14.5. The molecule has 0 amide bonds. The van der Waals surface area contributed by atoms with Crippen LogP contribution in [0.2, 0.25) is 5.28 Å². The SMILES string of the molecule is CCOC(=O)CNc1cc(C(F)(F)F)nc(Cl)n1. The topological polar surface area (TPSA) is 64.1 Å². The number of rotatable bonds is 4. The van der Waals surface area contributed by atoms with Gasteiger partial charge in [0.15, 0.2) is 5.69 Å². The number of hydrogen-bond acceptors (Lipinski definition) is 5. The predicted molar refractivity (Wildman–Crippen MR) is 57.2 cm³/mol. The number of nitrogens with zero attached hydrogens (tertiary/aromatic N) is 2. The van der Waals surface area contributed by atoms with E-state index in [0.29, 0.717) is 6.07 Å². The molecule has 0 atom stereocenters. The number of alkyl halides is 3. The van der Waals surface area contributed by atoms with E-state index in [2.05, 4.69) is 20.0 Å². The molecule has 1 aromatic rings. The van der Waals surface area contributed by atoms with Crippen molar-refractivity contribution in [3.63, 3.8) is 0 Å². The molecular formula is C9H9ClF3N3O2. The van der Waals surface area contributed by atoms with E-state index in [0.717, 1.165) is 0 Å². The summed E-state index contributed by atoms with van der Waals surface area (Å²) in [4.78, 5) is 17.6. The molecule has 1 rings (SSSR count). The van der Waals surface area contributed by atoms with E-state index >= 15 is 0 Å². The highest BCUT2D eigenvalue weighted by atomic mass is 35.5. The van der Waals surface area contributed by atoms with Gasteiger partial charge in [0.2, 0.25) is 5.28 Å². The summed E-state index contributed by atoms with van der Waals surface area (Å²) in [5.41, 5.74) is -1.19. The fourth-order valence-electron chi connectivity index (χ4n) is 1.03. The van der Waals surface area contributed by atoms with E-state index in [1.165, 1.54) is 0 Å². The summed E-state index contributed by atoms with van der Waals surface area (Å²) in [5.74, 6) is -0.809. The van der Waals surface area contributed by atoms with Crippen molar-refractivity contribution in [3.8, 4) is 0 Å². The van der Waals surface area contributed by atoms with Gasteiger partial charge in [0.05, 0.1) is 6.61 Å². The van der Waals surface area contributed by atoms with Gasteiger partial charge in [-0.3, -0.25) is 4.79 Å². The smallest absolute Gasteiger partial charge is 0.433 e. The Morgan fingerprint density at radius 2 is 2.17 bits per heavy atom. The quantitative estimate of drug-likeness (QED) is 0.677. The Balaban J connectivity index is 2.78.